The molecule has 1 saturated heterocycles. The van der Waals surface area contributed by atoms with E-state index in [1.165, 1.54) is 58.0 Å². The van der Waals surface area contributed by atoms with Crippen LogP contribution in [-0.4, -0.2) is 48.8 Å². The molecule has 0 bridgehead atoms. The van der Waals surface area contributed by atoms with Gasteiger partial charge < -0.3 is 10.1 Å². The van der Waals surface area contributed by atoms with Gasteiger partial charge in [-0.15, -0.1) is 0 Å². The first-order valence-electron chi connectivity index (χ1n) is 9.28. The van der Waals surface area contributed by atoms with Gasteiger partial charge in [0.2, 0.25) is 0 Å². The number of nitrogens with zero attached hydrogens (tertiary/aromatic N) is 1. The van der Waals surface area contributed by atoms with E-state index >= 15 is 0 Å². The van der Waals surface area contributed by atoms with Crippen molar-refractivity contribution in [3.8, 4) is 0 Å². The van der Waals surface area contributed by atoms with E-state index < -0.39 is 0 Å². The first-order chi connectivity index (χ1) is 10.2. The Morgan fingerprint density at radius 1 is 1.00 bits per heavy atom. The van der Waals surface area contributed by atoms with Crippen molar-refractivity contribution in [3.63, 3.8) is 0 Å². The average Bonchev–Trinajstić information content (AvgIpc) is 2.54. The Labute approximate surface area is 131 Å². The molecule has 1 aliphatic heterocycles. The Morgan fingerprint density at radius 2 is 1.71 bits per heavy atom. The quantitative estimate of drug-likeness (QED) is 0.727. The van der Waals surface area contributed by atoms with Crippen molar-refractivity contribution in [1.82, 2.24) is 10.2 Å². The molecule has 0 unspecified atom stereocenters. The predicted octanol–water partition coefficient (Wildman–Crippen LogP) is 3.58. The fourth-order valence-electron chi connectivity index (χ4n) is 4.22. The van der Waals surface area contributed by atoms with Crippen molar-refractivity contribution >= 4 is 0 Å². The maximum atomic E-state index is 5.79. The summed E-state index contributed by atoms with van der Waals surface area (Å²) < 4.78 is 5.79. The summed E-state index contributed by atoms with van der Waals surface area (Å²) in [4.78, 5) is 2.80. The van der Waals surface area contributed by atoms with Crippen molar-refractivity contribution in [2.24, 2.45) is 0 Å². The van der Waals surface area contributed by atoms with Crippen LogP contribution < -0.4 is 5.32 Å². The van der Waals surface area contributed by atoms with Gasteiger partial charge in [0.1, 0.15) is 0 Å². The van der Waals surface area contributed by atoms with Gasteiger partial charge >= 0.3 is 0 Å². The molecular weight excluding hydrogens is 260 g/mol. The van der Waals surface area contributed by atoms with Crippen LogP contribution in [0.1, 0.15) is 72.1 Å². The van der Waals surface area contributed by atoms with E-state index in [1.54, 1.807) is 0 Å². The van der Waals surface area contributed by atoms with E-state index in [1.807, 2.05) is 0 Å². The normalized spacial score (nSPS) is 25.3. The van der Waals surface area contributed by atoms with Crippen LogP contribution >= 0.6 is 0 Å². The maximum Gasteiger partial charge on any atom is 0.0593 e. The predicted molar refractivity (Wildman–Crippen MR) is 89.8 cm³/mol. The van der Waals surface area contributed by atoms with Crippen molar-refractivity contribution < 1.29 is 4.74 Å². The highest BCUT2D eigenvalue weighted by Crippen LogP contribution is 2.38. The summed E-state index contributed by atoms with van der Waals surface area (Å²) in [5.41, 5.74) is 0.745. The lowest BCUT2D eigenvalue weighted by atomic mass is 9.75. The molecule has 2 rings (SSSR count). The van der Waals surface area contributed by atoms with Gasteiger partial charge in [-0.05, 0) is 32.1 Å². The SMILES string of the molecule is CCCOCCN1CC(CC)(CC)NCC12CCCCC2. The van der Waals surface area contributed by atoms with Crippen LogP contribution in [-0.2, 0) is 4.74 Å². The minimum absolute atomic E-state index is 0.327. The second kappa shape index (κ2) is 7.94. The Bertz CT molecular complexity index is 296. The zero-order chi connectivity index (χ0) is 15.2. The molecule has 0 aromatic carbocycles. The topological polar surface area (TPSA) is 24.5 Å². The van der Waals surface area contributed by atoms with E-state index in [0.717, 1.165) is 26.2 Å². The summed E-state index contributed by atoms with van der Waals surface area (Å²) in [5.74, 6) is 0. The van der Waals surface area contributed by atoms with Crippen molar-refractivity contribution in [2.75, 3.05) is 32.8 Å². The standard InChI is InChI=1S/C18H36N2O/c1-4-13-21-14-12-20-16-17(5-2,6-3)19-15-18(20)10-8-7-9-11-18/h19H,4-16H2,1-3H3. The number of hydrogen-bond acceptors (Lipinski definition) is 3. The smallest absolute Gasteiger partial charge is 0.0593 e. The van der Waals surface area contributed by atoms with Gasteiger partial charge in [-0.1, -0.05) is 40.0 Å². The molecule has 0 aromatic heterocycles. The van der Waals surface area contributed by atoms with Crippen LogP contribution in [0.4, 0.5) is 0 Å². The minimum atomic E-state index is 0.327. The maximum absolute atomic E-state index is 5.79. The van der Waals surface area contributed by atoms with Crippen molar-refractivity contribution in [1.29, 1.82) is 0 Å². The van der Waals surface area contributed by atoms with Gasteiger partial charge in [0.05, 0.1) is 6.61 Å². The molecule has 1 heterocycles. The number of hydrogen-bond donors (Lipinski definition) is 1. The average molecular weight is 296 g/mol. The number of ether oxygens (including phenoxy) is 1. The Kier molecular flexibility index (Phi) is 6.51. The molecular formula is C18H36N2O. The van der Waals surface area contributed by atoms with Crippen LogP contribution in [0.15, 0.2) is 0 Å². The van der Waals surface area contributed by atoms with Gasteiger partial charge in [0.25, 0.3) is 0 Å². The van der Waals surface area contributed by atoms with E-state index in [-0.39, 0.29) is 0 Å². The third-order valence-corrected chi connectivity index (χ3v) is 5.95. The van der Waals surface area contributed by atoms with Crippen molar-refractivity contribution in [2.45, 2.75) is 83.2 Å². The molecule has 0 amide bonds. The lowest BCUT2D eigenvalue weighted by molar-refractivity contribution is -0.0371. The monoisotopic (exact) mass is 296 g/mol. The third kappa shape index (κ3) is 4.00. The Hall–Kier alpha value is -0.120. The van der Waals surface area contributed by atoms with Gasteiger partial charge in [-0.3, -0.25) is 4.90 Å². The molecule has 3 heteroatoms. The minimum Gasteiger partial charge on any atom is -0.380 e. The van der Waals surface area contributed by atoms with Crippen molar-refractivity contribution in [3.05, 3.63) is 0 Å². The first kappa shape index (κ1) is 17.2. The molecule has 0 aromatic rings. The third-order valence-electron chi connectivity index (χ3n) is 5.95. The second-order valence-electron chi connectivity index (χ2n) is 7.16. The van der Waals surface area contributed by atoms with Crippen LogP contribution in [0.25, 0.3) is 0 Å². The molecule has 1 saturated carbocycles. The second-order valence-corrected chi connectivity index (χ2v) is 7.16. The van der Waals surface area contributed by atoms with E-state index in [4.69, 9.17) is 4.74 Å². The highest BCUT2D eigenvalue weighted by Gasteiger charge is 2.46. The van der Waals surface area contributed by atoms with Crippen LogP contribution in [0, 0.1) is 0 Å². The molecule has 2 aliphatic rings. The highest BCUT2D eigenvalue weighted by molar-refractivity contribution is 5.05. The van der Waals surface area contributed by atoms with E-state index in [9.17, 15) is 0 Å². The van der Waals surface area contributed by atoms with Gasteiger partial charge in [0, 0.05) is 37.3 Å². The largest absolute Gasteiger partial charge is 0.380 e. The highest BCUT2D eigenvalue weighted by atomic mass is 16.5. The molecule has 1 spiro atoms. The summed E-state index contributed by atoms with van der Waals surface area (Å²) in [6, 6.07) is 0. The van der Waals surface area contributed by atoms with Crippen LogP contribution in [0.5, 0.6) is 0 Å². The molecule has 2 fully saturated rings. The Morgan fingerprint density at radius 3 is 2.33 bits per heavy atom. The molecule has 3 nitrogen and oxygen atoms in total. The summed E-state index contributed by atoms with van der Waals surface area (Å²) in [7, 11) is 0. The summed E-state index contributed by atoms with van der Waals surface area (Å²) in [5, 5.41) is 3.94. The molecule has 124 valence electrons. The Balaban J connectivity index is 2.02. The van der Waals surface area contributed by atoms with E-state index in [0.29, 0.717) is 11.1 Å². The summed E-state index contributed by atoms with van der Waals surface area (Å²) >= 11 is 0. The molecule has 1 N–H and O–H groups in total. The fourth-order valence-corrected chi connectivity index (χ4v) is 4.22. The lowest BCUT2D eigenvalue weighted by Gasteiger charge is -2.56. The summed E-state index contributed by atoms with van der Waals surface area (Å²) in [6.45, 7) is 12.2. The lowest BCUT2D eigenvalue weighted by Crippen LogP contribution is -2.70. The number of piperazine rings is 1. The van der Waals surface area contributed by atoms with Crippen LogP contribution in [0.2, 0.25) is 0 Å². The number of rotatable bonds is 7. The zero-order valence-electron chi connectivity index (χ0n) is 14.5. The molecule has 1 aliphatic carbocycles. The summed E-state index contributed by atoms with van der Waals surface area (Å²) in [6.07, 6.45) is 10.6. The molecule has 0 radical (unpaired) electrons. The van der Waals surface area contributed by atoms with Gasteiger partial charge in [-0.25, -0.2) is 0 Å². The van der Waals surface area contributed by atoms with Gasteiger partial charge in [0.15, 0.2) is 0 Å². The molecule has 0 atom stereocenters. The van der Waals surface area contributed by atoms with Crippen LogP contribution in [0.3, 0.4) is 0 Å². The zero-order valence-corrected chi connectivity index (χ0v) is 14.5. The van der Waals surface area contributed by atoms with Gasteiger partial charge in [-0.2, -0.15) is 0 Å². The first-order valence-corrected chi connectivity index (χ1v) is 9.28. The number of nitrogens with one attached hydrogen (secondary N) is 1. The fraction of sp³-hybridized carbons (Fsp3) is 1.00. The molecule has 21 heavy (non-hydrogen) atoms. The van der Waals surface area contributed by atoms with E-state index in [2.05, 4.69) is 31.0 Å².